The van der Waals surface area contributed by atoms with Crippen LogP contribution in [-0.4, -0.2) is 40.8 Å². The number of likely N-dealkylation sites (tertiary alicyclic amines) is 1. The molecule has 1 aliphatic heterocycles. The summed E-state index contributed by atoms with van der Waals surface area (Å²) in [6.07, 6.45) is 1.76. The summed E-state index contributed by atoms with van der Waals surface area (Å²) in [5.74, 6) is -0.0770. The summed E-state index contributed by atoms with van der Waals surface area (Å²) in [7, 11) is 0. The molecule has 0 amide bonds. The highest BCUT2D eigenvalue weighted by molar-refractivity contribution is 5.94. The number of rotatable bonds is 5. The summed E-state index contributed by atoms with van der Waals surface area (Å²) in [6.45, 7) is 4.21. The quantitative estimate of drug-likeness (QED) is 0.675. The summed E-state index contributed by atoms with van der Waals surface area (Å²) in [5, 5.41) is 15.6. The molecule has 1 aromatic heterocycles. The number of nitrogens with zero attached hydrogens (tertiary/aromatic N) is 2. The number of phenolic OH excluding ortho intramolecular Hbond substituents is 1. The molecule has 1 N–H and O–H groups in total. The number of phenols is 1. The molecule has 0 saturated carbocycles. The van der Waals surface area contributed by atoms with Crippen LogP contribution in [0.25, 0.3) is 22.2 Å². The van der Waals surface area contributed by atoms with Gasteiger partial charge in [-0.15, -0.1) is 0 Å². The fraction of sp³-hybridized carbons (Fsp3) is 0.364. The average molecular weight is 380 g/mol. The SMILES string of the molecule is CCOC(=O)C1CCCN(Cc2c(O)ccc3c(-c4ccccc4)noc23)C1. The van der Waals surface area contributed by atoms with Gasteiger partial charge in [0.05, 0.1) is 23.5 Å². The van der Waals surface area contributed by atoms with Crippen LogP contribution in [0.5, 0.6) is 5.75 Å². The Morgan fingerprint density at radius 3 is 2.89 bits per heavy atom. The van der Waals surface area contributed by atoms with Gasteiger partial charge in [-0.25, -0.2) is 0 Å². The van der Waals surface area contributed by atoms with Crippen LogP contribution in [0.1, 0.15) is 25.3 Å². The number of carbonyl (C=O) groups is 1. The molecular formula is C22H24N2O4. The van der Waals surface area contributed by atoms with Crippen molar-refractivity contribution in [1.29, 1.82) is 0 Å². The van der Waals surface area contributed by atoms with Crippen molar-refractivity contribution in [2.24, 2.45) is 5.92 Å². The van der Waals surface area contributed by atoms with Crippen LogP contribution in [0.2, 0.25) is 0 Å². The number of carbonyl (C=O) groups excluding carboxylic acids is 1. The van der Waals surface area contributed by atoms with Crippen molar-refractivity contribution < 1.29 is 19.2 Å². The topological polar surface area (TPSA) is 75.8 Å². The Morgan fingerprint density at radius 1 is 1.29 bits per heavy atom. The van der Waals surface area contributed by atoms with Crippen LogP contribution >= 0.6 is 0 Å². The third-order valence-electron chi connectivity index (χ3n) is 5.27. The van der Waals surface area contributed by atoms with Crippen LogP contribution in [0.3, 0.4) is 0 Å². The second kappa shape index (κ2) is 8.02. The molecule has 2 aromatic carbocycles. The maximum atomic E-state index is 12.1. The molecule has 1 saturated heterocycles. The van der Waals surface area contributed by atoms with E-state index >= 15 is 0 Å². The first-order chi connectivity index (χ1) is 13.7. The minimum Gasteiger partial charge on any atom is -0.507 e. The number of aromatic hydroxyl groups is 1. The van der Waals surface area contributed by atoms with Crippen LogP contribution in [-0.2, 0) is 16.1 Å². The molecule has 0 radical (unpaired) electrons. The fourth-order valence-corrected chi connectivity index (χ4v) is 3.88. The van der Waals surface area contributed by atoms with E-state index in [1.807, 2.05) is 43.3 Å². The number of hydrogen-bond donors (Lipinski definition) is 1. The van der Waals surface area contributed by atoms with Crippen LogP contribution in [0, 0.1) is 5.92 Å². The molecule has 0 aliphatic carbocycles. The zero-order chi connectivity index (χ0) is 19.5. The second-order valence-corrected chi connectivity index (χ2v) is 7.16. The van der Waals surface area contributed by atoms with E-state index in [0.717, 1.165) is 36.0 Å². The standard InChI is InChI=1S/C22H24N2O4/c1-2-27-22(26)16-9-6-12-24(13-16)14-18-19(25)11-10-17-20(23-28-21(17)18)15-7-4-3-5-8-15/h3-5,7-8,10-11,16,25H,2,6,9,12-14H2,1H3. The third kappa shape index (κ3) is 3.60. The largest absolute Gasteiger partial charge is 0.507 e. The Balaban J connectivity index is 1.61. The predicted molar refractivity (Wildman–Crippen MR) is 106 cm³/mol. The molecule has 1 atom stereocenters. The molecule has 4 rings (SSSR count). The minimum absolute atomic E-state index is 0.121. The van der Waals surface area contributed by atoms with Crippen LogP contribution in [0.15, 0.2) is 47.0 Å². The maximum absolute atomic E-state index is 12.1. The van der Waals surface area contributed by atoms with Gasteiger partial charge in [0.1, 0.15) is 11.4 Å². The molecule has 1 unspecified atom stereocenters. The van der Waals surface area contributed by atoms with Gasteiger partial charge < -0.3 is 14.4 Å². The van der Waals surface area contributed by atoms with Crippen molar-refractivity contribution in [2.75, 3.05) is 19.7 Å². The number of benzene rings is 2. The van der Waals surface area contributed by atoms with E-state index in [0.29, 0.717) is 30.8 Å². The summed E-state index contributed by atoms with van der Waals surface area (Å²) in [5.41, 5.74) is 3.03. The third-order valence-corrected chi connectivity index (χ3v) is 5.27. The van der Waals surface area contributed by atoms with Gasteiger partial charge in [-0.1, -0.05) is 35.5 Å². The van der Waals surface area contributed by atoms with Gasteiger partial charge in [-0.05, 0) is 38.4 Å². The van der Waals surface area contributed by atoms with E-state index in [1.165, 1.54) is 0 Å². The van der Waals surface area contributed by atoms with Crippen molar-refractivity contribution in [2.45, 2.75) is 26.3 Å². The molecule has 1 aliphatic rings. The van der Waals surface area contributed by atoms with E-state index < -0.39 is 0 Å². The zero-order valence-electron chi connectivity index (χ0n) is 15.9. The molecule has 0 bridgehead atoms. The summed E-state index contributed by atoms with van der Waals surface area (Å²) >= 11 is 0. The fourth-order valence-electron chi connectivity index (χ4n) is 3.88. The van der Waals surface area contributed by atoms with Gasteiger partial charge in [0.2, 0.25) is 0 Å². The van der Waals surface area contributed by atoms with E-state index in [9.17, 15) is 9.90 Å². The molecule has 146 valence electrons. The Labute approximate surface area is 163 Å². The number of piperidine rings is 1. The summed E-state index contributed by atoms with van der Waals surface area (Å²) < 4.78 is 10.8. The second-order valence-electron chi connectivity index (χ2n) is 7.16. The van der Waals surface area contributed by atoms with Crippen molar-refractivity contribution in [3.8, 4) is 17.0 Å². The summed E-state index contributed by atoms with van der Waals surface area (Å²) in [6, 6.07) is 13.4. The highest BCUT2D eigenvalue weighted by Crippen LogP contribution is 2.35. The Hall–Kier alpha value is -2.86. The lowest BCUT2D eigenvalue weighted by Gasteiger charge is -2.31. The van der Waals surface area contributed by atoms with Crippen molar-refractivity contribution >= 4 is 16.9 Å². The lowest BCUT2D eigenvalue weighted by atomic mass is 9.97. The zero-order valence-corrected chi connectivity index (χ0v) is 15.9. The molecule has 0 spiro atoms. The highest BCUT2D eigenvalue weighted by atomic mass is 16.5. The number of esters is 1. The Kier molecular flexibility index (Phi) is 5.30. The molecule has 6 heteroatoms. The minimum atomic E-state index is -0.138. The van der Waals surface area contributed by atoms with Crippen LogP contribution in [0.4, 0.5) is 0 Å². The van der Waals surface area contributed by atoms with Crippen molar-refractivity contribution in [3.05, 3.63) is 48.0 Å². The lowest BCUT2D eigenvalue weighted by Crippen LogP contribution is -2.38. The maximum Gasteiger partial charge on any atom is 0.310 e. The van der Waals surface area contributed by atoms with Gasteiger partial charge >= 0.3 is 5.97 Å². The smallest absolute Gasteiger partial charge is 0.310 e. The Bertz CT molecular complexity index is 967. The average Bonchev–Trinajstić information content (AvgIpc) is 3.15. The van der Waals surface area contributed by atoms with Crippen molar-refractivity contribution in [1.82, 2.24) is 10.1 Å². The molecule has 3 aromatic rings. The number of ether oxygens (including phenoxy) is 1. The molecule has 6 nitrogen and oxygen atoms in total. The van der Waals surface area contributed by atoms with Gasteiger partial charge in [0.15, 0.2) is 5.58 Å². The number of fused-ring (bicyclic) bond motifs is 1. The first kappa shape index (κ1) is 18.5. The van der Waals surface area contributed by atoms with Gasteiger partial charge in [0.25, 0.3) is 0 Å². The van der Waals surface area contributed by atoms with E-state index in [4.69, 9.17) is 9.26 Å². The van der Waals surface area contributed by atoms with Crippen LogP contribution < -0.4 is 0 Å². The Morgan fingerprint density at radius 2 is 2.11 bits per heavy atom. The summed E-state index contributed by atoms with van der Waals surface area (Å²) in [4.78, 5) is 14.3. The number of aromatic nitrogens is 1. The normalized spacial score (nSPS) is 17.7. The predicted octanol–water partition coefficient (Wildman–Crippen LogP) is 3.98. The highest BCUT2D eigenvalue weighted by Gasteiger charge is 2.28. The van der Waals surface area contributed by atoms with Gasteiger partial charge in [0, 0.05) is 18.7 Å². The first-order valence-corrected chi connectivity index (χ1v) is 9.72. The van der Waals surface area contributed by atoms with Crippen molar-refractivity contribution in [3.63, 3.8) is 0 Å². The van der Waals surface area contributed by atoms with E-state index in [-0.39, 0.29) is 17.6 Å². The van der Waals surface area contributed by atoms with E-state index in [2.05, 4.69) is 10.1 Å². The molecular weight excluding hydrogens is 356 g/mol. The van der Waals surface area contributed by atoms with Gasteiger partial charge in [-0.2, -0.15) is 0 Å². The molecule has 1 fully saturated rings. The molecule has 2 heterocycles. The van der Waals surface area contributed by atoms with E-state index in [1.54, 1.807) is 6.07 Å². The first-order valence-electron chi connectivity index (χ1n) is 9.72. The van der Waals surface area contributed by atoms with Gasteiger partial charge in [-0.3, -0.25) is 9.69 Å². The number of hydrogen-bond acceptors (Lipinski definition) is 6. The molecule has 28 heavy (non-hydrogen) atoms. The monoisotopic (exact) mass is 380 g/mol. The lowest BCUT2D eigenvalue weighted by molar-refractivity contribution is -0.150.